The number of hydroxylamine groups is 1. The van der Waals surface area contributed by atoms with E-state index in [9.17, 15) is 10.0 Å². The molecular formula is C18H21NO3S. The molecule has 0 unspecified atom stereocenters. The van der Waals surface area contributed by atoms with E-state index in [1.165, 1.54) is 0 Å². The fourth-order valence-electron chi connectivity index (χ4n) is 2.21. The molecule has 2 aromatic carbocycles. The highest BCUT2D eigenvalue weighted by Crippen LogP contribution is 2.27. The molecule has 0 aliphatic rings. The number of carbonyl (C=O) groups is 1. The van der Waals surface area contributed by atoms with Crippen LogP contribution in [0.25, 0.3) is 0 Å². The first-order valence-corrected chi connectivity index (χ1v) is 7.91. The van der Waals surface area contributed by atoms with Crippen LogP contribution in [0.5, 0.6) is 5.75 Å². The Bertz CT molecular complexity index is 715. The van der Waals surface area contributed by atoms with E-state index in [2.05, 4.69) is 12.6 Å². The Kier molecular flexibility index (Phi) is 5.69. The molecule has 0 bridgehead atoms. The summed E-state index contributed by atoms with van der Waals surface area (Å²) in [6.45, 7) is 5.89. The molecule has 2 aromatic rings. The second-order valence-electron chi connectivity index (χ2n) is 5.38. The molecule has 0 radical (unpaired) electrons. The van der Waals surface area contributed by atoms with Crippen molar-refractivity contribution in [3.05, 3.63) is 53.1 Å². The summed E-state index contributed by atoms with van der Waals surface area (Å²) in [7, 11) is 0. The van der Waals surface area contributed by atoms with Crippen LogP contribution < -0.4 is 9.80 Å². The Balaban J connectivity index is 2.22. The molecule has 0 aliphatic carbocycles. The monoisotopic (exact) mass is 331 g/mol. The van der Waals surface area contributed by atoms with Gasteiger partial charge in [-0.3, -0.25) is 10.0 Å². The molecule has 1 N–H and O–H groups in total. The predicted octanol–water partition coefficient (Wildman–Crippen LogP) is 4.30. The Labute approximate surface area is 142 Å². The number of rotatable bonds is 5. The van der Waals surface area contributed by atoms with Crippen molar-refractivity contribution in [3.8, 4) is 5.75 Å². The zero-order chi connectivity index (χ0) is 17.0. The van der Waals surface area contributed by atoms with Gasteiger partial charge in [-0.25, -0.2) is 0 Å². The fourth-order valence-corrected chi connectivity index (χ4v) is 2.47. The van der Waals surface area contributed by atoms with E-state index >= 15 is 0 Å². The van der Waals surface area contributed by atoms with Gasteiger partial charge in [0.05, 0.1) is 5.69 Å². The zero-order valence-electron chi connectivity index (χ0n) is 13.5. The Morgan fingerprint density at radius 1 is 1.22 bits per heavy atom. The van der Waals surface area contributed by atoms with E-state index in [1.54, 1.807) is 19.1 Å². The molecule has 0 aromatic heterocycles. The van der Waals surface area contributed by atoms with Gasteiger partial charge >= 0.3 is 0 Å². The molecule has 0 fully saturated rings. The normalized spacial score (nSPS) is 10.5. The van der Waals surface area contributed by atoms with Crippen LogP contribution in [0.2, 0.25) is 0 Å². The highest BCUT2D eigenvalue weighted by Gasteiger charge is 2.15. The SMILES string of the molecule is CCC(=O)N(O)c1ccccc1COc1cc(C)c(S)cc1C. The molecular weight excluding hydrogens is 310 g/mol. The maximum absolute atomic E-state index is 11.7. The zero-order valence-corrected chi connectivity index (χ0v) is 14.4. The molecule has 0 saturated heterocycles. The van der Waals surface area contributed by atoms with E-state index in [0.29, 0.717) is 10.8 Å². The van der Waals surface area contributed by atoms with E-state index in [4.69, 9.17) is 4.74 Å². The Morgan fingerprint density at radius 2 is 1.91 bits per heavy atom. The largest absolute Gasteiger partial charge is 0.489 e. The predicted molar refractivity (Wildman–Crippen MR) is 93.5 cm³/mol. The van der Waals surface area contributed by atoms with Crippen molar-refractivity contribution in [2.24, 2.45) is 0 Å². The van der Waals surface area contributed by atoms with Crippen molar-refractivity contribution in [1.29, 1.82) is 0 Å². The third-order valence-electron chi connectivity index (χ3n) is 3.64. The van der Waals surface area contributed by atoms with Gasteiger partial charge in [-0.1, -0.05) is 25.1 Å². The minimum Gasteiger partial charge on any atom is -0.489 e. The lowest BCUT2D eigenvalue weighted by Gasteiger charge is -2.19. The van der Waals surface area contributed by atoms with Gasteiger partial charge in [0.1, 0.15) is 12.4 Å². The highest BCUT2D eigenvalue weighted by atomic mass is 32.1. The average molecular weight is 331 g/mol. The van der Waals surface area contributed by atoms with E-state index in [-0.39, 0.29) is 18.9 Å². The smallest absolute Gasteiger partial charge is 0.250 e. The second kappa shape index (κ2) is 7.53. The molecule has 2 rings (SSSR count). The lowest BCUT2D eigenvalue weighted by atomic mass is 10.1. The first-order valence-electron chi connectivity index (χ1n) is 7.46. The summed E-state index contributed by atoms with van der Waals surface area (Å²) in [6, 6.07) is 11.0. The molecule has 4 nitrogen and oxygen atoms in total. The molecule has 1 amide bonds. The minimum absolute atomic E-state index is 0.230. The summed E-state index contributed by atoms with van der Waals surface area (Å²) < 4.78 is 5.88. The molecule has 122 valence electrons. The van der Waals surface area contributed by atoms with Crippen molar-refractivity contribution < 1.29 is 14.7 Å². The molecule has 0 atom stereocenters. The maximum atomic E-state index is 11.7. The molecule has 23 heavy (non-hydrogen) atoms. The lowest BCUT2D eigenvalue weighted by molar-refractivity contribution is -0.123. The van der Waals surface area contributed by atoms with Crippen molar-refractivity contribution in [3.63, 3.8) is 0 Å². The van der Waals surface area contributed by atoms with Crippen LogP contribution in [0.1, 0.15) is 30.0 Å². The summed E-state index contributed by atoms with van der Waals surface area (Å²) in [5.74, 6) is 0.408. The molecule has 0 saturated carbocycles. The Hall–Kier alpha value is -1.98. The van der Waals surface area contributed by atoms with Crippen LogP contribution in [-0.2, 0) is 11.4 Å². The third kappa shape index (κ3) is 4.06. The quantitative estimate of drug-likeness (QED) is 0.488. The third-order valence-corrected chi connectivity index (χ3v) is 4.12. The number of amides is 1. The molecule has 0 heterocycles. The fraction of sp³-hybridized carbons (Fsp3) is 0.278. The number of benzene rings is 2. The topological polar surface area (TPSA) is 49.8 Å². The molecule has 5 heteroatoms. The van der Waals surface area contributed by atoms with Gasteiger partial charge in [-0.2, -0.15) is 5.06 Å². The van der Waals surface area contributed by atoms with Crippen LogP contribution in [0.15, 0.2) is 41.3 Å². The number of aryl methyl sites for hydroxylation is 2. The number of nitrogens with zero attached hydrogens (tertiary/aromatic N) is 1. The van der Waals surface area contributed by atoms with E-state index < -0.39 is 0 Å². The summed E-state index contributed by atoms with van der Waals surface area (Å²) >= 11 is 4.40. The van der Waals surface area contributed by atoms with Gasteiger partial charge in [0.15, 0.2) is 0 Å². The van der Waals surface area contributed by atoms with Gasteiger partial charge in [0.25, 0.3) is 0 Å². The van der Waals surface area contributed by atoms with Crippen LogP contribution in [0.3, 0.4) is 0 Å². The van der Waals surface area contributed by atoms with Crippen LogP contribution >= 0.6 is 12.6 Å². The summed E-state index contributed by atoms with van der Waals surface area (Å²) in [4.78, 5) is 12.6. The van der Waals surface area contributed by atoms with Crippen molar-refractivity contribution in [1.82, 2.24) is 0 Å². The summed E-state index contributed by atoms with van der Waals surface area (Å²) in [6.07, 6.45) is 0.230. The van der Waals surface area contributed by atoms with Crippen molar-refractivity contribution in [2.45, 2.75) is 38.7 Å². The highest BCUT2D eigenvalue weighted by molar-refractivity contribution is 7.80. The maximum Gasteiger partial charge on any atom is 0.250 e. The van der Waals surface area contributed by atoms with E-state index in [0.717, 1.165) is 27.3 Å². The van der Waals surface area contributed by atoms with Gasteiger partial charge in [-0.05, 0) is 43.2 Å². The van der Waals surface area contributed by atoms with Gasteiger partial charge in [-0.15, -0.1) is 12.6 Å². The number of hydrogen-bond acceptors (Lipinski definition) is 4. The van der Waals surface area contributed by atoms with Gasteiger partial charge < -0.3 is 4.74 Å². The van der Waals surface area contributed by atoms with Gasteiger partial charge in [0, 0.05) is 16.9 Å². The number of anilines is 1. The first kappa shape index (κ1) is 17.4. The average Bonchev–Trinajstić information content (AvgIpc) is 2.55. The first-order chi connectivity index (χ1) is 10.9. The van der Waals surface area contributed by atoms with Crippen LogP contribution in [0.4, 0.5) is 5.69 Å². The number of ether oxygens (including phenoxy) is 1. The Morgan fingerprint density at radius 3 is 2.61 bits per heavy atom. The second-order valence-corrected chi connectivity index (χ2v) is 5.86. The number of hydrogen-bond donors (Lipinski definition) is 2. The van der Waals surface area contributed by atoms with Crippen LogP contribution in [-0.4, -0.2) is 11.1 Å². The van der Waals surface area contributed by atoms with Crippen LogP contribution in [0, 0.1) is 13.8 Å². The summed E-state index contributed by atoms with van der Waals surface area (Å²) in [5, 5.41) is 10.7. The van der Waals surface area contributed by atoms with Crippen molar-refractivity contribution in [2.75, 3.05) is 5.06 Å². The van der Waals surface area contributed by atoms with Crippen molar-refractivity contribution >= 4 is 24.2 Å². The number of thiol groups is 1. The minimum atomic E-state index is -0.357. The lowest BCUT2D eigenvalue weighted by Crippen LogP contribution is -2.27. The van der Waals surface area contributed by atoms with Gasteiger partial charge in [0.2, 0.25) is 5.91 Å². The molecule has 0 aliphatic heterocycles. The summed E-state index contributed by atoms with van der Waals surface area (Å²) in [5.41, 5.74) is 3.21. The molecule has 0 spiro atoms. The standard InChI is InChI=1S/C18H21NO3S/c1-4-18(20)19(21)15-8-6-5-7-14(15)11-22-16-9-13(3)17(23)10-12(16)2/h5-10,21,23H,4,11H2,1-3H3. The number of carbonyl (C=O) groups excluding carboxylic acids is 1. The van der Waals surface area contributed by atoms with E-state index in [1.807, 2.05) is 38.1 Å². The number of para-hydroxylation sites is 1.